The van der Waals surface area contributed by atoms with E-state index < -0.39 is 0 Å². The molecule has 2 rings (SSSR count). The molecular formula is C13H15NOS. The van der Waals surface area contributed by atoms with E-state index in [-0.39, 0.29) is 4.75 Å². The van der Waals surface area contributed by atoms with Crippen molar-refractivity contribution in [3.05, 3.63) is 41.7 Å². The van der Waals surface area contributed by atoms with Gasteiger partial charge < -0.3 is 5.21 Å². The molecule has 0 bridgehead atoms. The van der Waals surface area contributed by atoms with Crippen molar-refractivity contribution in [2.75, 3.05) is 0 Å². The van der Waals surface area contributed by atoms with Crippen molar-refractivity contribution in [1.29, 1.82) is 0 Å². The van der Waals surface area contributed by atoms with Crippen LogP contribution >= 0.6 is 11.8 Å². The summed E-state index contributed by atoms with van der Waals surface area (Å²) in [4.78, 5) is 1.14. The number of rotatable bonds is 1. The van der Waals surface area contributed by atoms with Crippen LogP contribution in [0.1, 0.15) is 20.8 Å². The third-order valence-electron chi connectivity index (χ3n) is 2.16. The zero-order valence-electron chi connectivity index (χ0n) is 9.73. The number of hydrogen-bond donors (Lipinski definition) is 0. The number of pyridine rings is 1. The molecule has 0 unspecified atom stereocenters. The fraction of sp³-hybridized carbons (Fsp3) is 0.308. The predicted octanol–water partition coefficient (Wildman–Crippen LogP) is 3.36. The van der Waals surface area contributed by atoms with Gasteiger partial charge in [0.15, 0.2) is 6.20 Å². The third-order valence-corrected chi connectivity index (χ3v) is 3.26. The highest BCUT2D eigenvalue weighted by atomic mass is 32.2. The Kier molecular flexibility index (Phi) is 2.80. The second kappa shape index (κ2) is 3.98. The summed E-state index contributed by atoms with van der Waals surface area (Å²) in [5.74, 6) is 0. The molecule has 0 spiro atoms. The van der Waals surface area contributed by atoms with E-state index in [2.05, 4.69) is 26.8 Å². The Bertz CT molecular complexity index is 517. The van der Waals surface area contributed by atoms with Gasteiger partial charge in [-0.1, -0.05) is 20.8 Å². The Labute approximate surface area is 99.9 Å². The van der Waals surface area contributed by atoms with Crippen LogP contribution in [0.3, 0.4) is 0 Å². The fourth-order valence-corrected chi connectivity index (χ4v) is 2.59. The van der Waals surface area contributed by atoms with Crippen LogP contribution in [-0.4, -0.2) is 4.75 Å². The smallest absolute Gasteiger partial charge is 0.224 e. The van der Waals surface area contributed by atoms with Crippen molar-refractivity contribution < 1.29 is 4.73 Å². The maximum absolute atomic E-state index is 11.6. The molecule has 0 N–H and O–H groups in total. The van der Waals surface area contributed by atoms with Crippen LogP contribution in [0.25, 0.3) is 10.9 Å². The van der Waals surface area contributed by atoms with Crippen molar-refractivity contribution in [2.45, 2.75) is 30.4 Å². The first kappa shape index (κ1) is 11.3. The van der Waals surface area contributed by atoms with Crippen molar-refractivity contribution in [3.63, 3.8) is 0 Å². The predicted molar refractivity (Wildman–Crippen MR) is 68.5 cm³/mol. The number of fused-ring (bicyclic) bond motifs is 1. The molecule has 0 atom stereocenters. The van der Waals surface area contributed by atoms with Crippen molar-refractivity contribution in [2.24, 2.45) is 0 Å². The Hall–Kier alpha value is -1.22. The van der Waals surface area contributed by atoms with Gasteiger partial charge in [-0.3, -0.25) is 0 Å². The van der Waals surface area contributed by atoms with Gasteiger partial charge in [-0.15, -0.1) is 11.8 Å². The van der Waals surface area contributed by atoms with Crippen LogP contribution in [0, 0.1) is 5.21 Å². The number of benzene rings is 1. The molecular weight excluding hydrogens is 218 g/mol. The average Bonchev–Trinajstić information content (AvgIpc) is 2.17. The standard InChI is InChI=1S/C13H15NOS/c1-13(2,3)16-11-7-6-10-5-4-8-14(15)12(10)9-11/h4-9H,1-3H3. The Morgan fingerprint density at radius 1 is 1.19 bits per heavy atom. The minimum atomic E-state index is 0.163. The first-order chi connectivity index (χ1) is 7.46. The normalized spacial score (nSPS) is 11.9. The van der Waals surface area contributed by atoms with Gasteiger partial charge in [0.2, 0.25) is 5.52 Å². The molecule has 0 saturated heterocycles. The Morgan fingerprint density at radius 3 is 2.62 bits per heavy atom. The molecule has 84 valence electrons. The summed E-state index contributed by atoms with van der Waals surface area (Å²) in [5.41, 5.74) is 0.733. The molecule has 1 aromatic heterocycles. The molecule has 3 heteroatoms. The van der Waals surface area contributed by atoms with Crippen molar-refractivity contribution in [3.8, 4) is 0 Å². The summed E-state index contributed by atoms with van der Waals surface area (Å²) in [5, 5.41) is 12.6. The largest absolute Gasteiger partial charge is 0.618 e. The maximum atomic E-state index is 11.6. The minimum Gasteiger partial charge on any atom is -0.618 e. The van der Waals surface area contributed by atoms with Gasteiger partial charge in [0.1, 0.15) is 0 Å². The lowest BCUT2D eigenvalue weighted by Crippen LogP contribution is -2.25. The molecule has 0 radical (unpaired) electrons. The first-order valence-electron chi connectivity index (χ1n) is 5.27. The summed E-state index contributed by atoms with van der Waals surface area (Å²) < 4.78 is 1.08. The third kappa shape index (κ3) is 2.47. The molecule has 1 aromatic carbocycles. The molecule has 0 aliphatic rings. The highest BCUT2D eigenvalue weighted by Gasteiger charge is 2.13. The fourth-order valence-electron chi connectivity index (χ4n) is 1.58. The maximum Gasteiger partial charge on any atom is 0.224 e. The summed E-state index contributed by atoms with van der Waals surface area (Å²) in [6.45, 7) is 6.49. The van der Waals surface area contributed by atoms with E-state index in [1.807, 2.05) is 18.2 Å². The molecule has 1 heterocycles. The Balaban J connectivity index is 2.47. The van der Waals surface area contributed by atoms with E-state index in [4.69, 9.17) is 0 Å². The molecule has 0 aliphatic carbocycles. The number of nitrogens with zero attached hydrogens (tertiary/aromatic N) is 1. The van der Waals surface area contributed by atoms with E-state index in [0.29, 0.717) is 0 Å². The molecule has 2 nitrogen and oxygen atoms in total. The minimum absolute atomic E-state index is 0.163. The van der Waals surface area contributed by atoms with E-state index in [1.54, 1.807) is 17.8 Å². The van der Waals surface area contributed by atoms with Crippen LogP contribution in [0.5, 0.6) is 0 Å². The lowest BCUT2D eigenvalue weighted by molar-refractivity contribution is -0.577. The summed E-state index contributed by atoms with van der Waals surface area (Å²) >= 11 is 1.77. The zero-order valence-corrected chi connectivity index (χ0v) is 10.5. The van der Waals surface area contributed by atoms with Crippen LogP contribution in [0.2, 0.25) is 0 Å². The molecule has 0 aliphatic heterocycles. The highest BCUT2D eigenvalue weighted by molar-refractivity contribution is 8.00. The van der Waals surface area contributed by atoms with E-state index in [1.165, 1.54) is 6.20 Å². The molecule has 0 fully saturated rings. The van der Waals surface area contributed by atoms with E-state index in [0.717, 1.165) is 20.5 Å². The summed E-state index contributed by atoms with van der Waals surface area (Å²) in [7, 11) is 0. The van der Waals surface area contributed by atoms with Gasteiger partial charge in [0, 0.05) is 27.2 Å². The van der Waals surface area contributed by atoms with Crippen molar-refractivity contribution in [1.82, 2.24) is 0 Å². The molecule has 0 amide bonds. The van der Waals surface area contributed by atoms with Crippen LogP contribution < -0.4 is 4.73 Å². The second-order valence-corrected chi connectivity index (χ2v) is 6.67. The van der Waals surface area contributed by atoms with E-state index in [9.17, 15) is 5.21 Å². The van der Waals surface area contributed by atoms with Gasteiger partial charge >= 0.3 is 0 Å². The highest BCUT2D eigenvalue weighted by Crippen LogP contribution is 2.32. The summed E-state index contributed by atoms with van der Waals surface area (Å²) in [6, 6.07) is 9.75. The average molecular weight is 233 g/mol. The number of thioether (sulfide) groups is 1. The van der Waals surface area contributed by atoms with Crippen molar-refractivity contribution >= 4 is 22.7 Å². The van der Waals surface area contributed by atoms with Gasteiger partial charge in [0.05, 0.1) is 0 Å². The van der Waals surface area contributed by atoms with Crippen LogP contribution in [0.4, 0.5) is 0 Å². The second-order valence-electron chi connectivity index (χ2n) is 4.77. The Morgan fingerprint density at radius 2 is 1.94 bits per heavy atom. The van der Waals surface area contributed by atoms with E-state index >= 15 is 0 Å². The van der Waals surface area contributed by atoms with Crippen LogP contribution in [-0.2, 0) is 0 Å². The number of aromatic nitrogens is 1. The number of hydrogen-bond acceptors (Lipinski definition) is 2. The first-order valence-corrected chi connectivity index (χ1v) is 6.08. The topological polar surface area (TPSA) is 26.9 Å². The van der Waals surface area contributed by atoms with Gasteiger partial charge in [-0.2, -0.15) is 4.73 Å². The van der Waals surface area contributed by atoms with Gasteiger partial charge in [0.25, 0.3) is 0 Å². The SMILES string of the molecule is CC(C)(C)Sc1ccc2ccc[n+]([O-])c2c1. The molecule has 16 heavy (non-hydrogen) atoms. The van der Waals surface area contributed by atoms with Gasteiger partial charge in [-0.05, 0) is 18.2 Å². The molecule has 0 saturated carbocycles. The lowest BCUT2D eigenvalue weighted by Gasteiger charge is -2.17. The quantitative estimate of drug-likeness (QED) is 0.429. The molecule has 2 aromatic rings. The monoisotopic (exact) mass is 233 g/mol. The lowest BCUT2D eigenvalue weighted by atomic mass is 10.2. The van der Waals surface area contributed by atoms with Crippen LogP contribution in [0.15, 0.2) is 41.4 Å². The summed E-state index contributed by atoms with van der Waals surface area (Å²) in [6.07, 6.45) is 1.54. The van der Waals surface area contributed by atoms with Gasteiger partial charge in [-0.25, -0.2) is 0 Å². The zero-order chi connectivity index (χ0) is 11.8.